The molecule has 7 heteroatoms. The minimum Gasteiger partial charge on any atom is -0.493 e. The van der Waals surface area contributed by atoms with Crippen LogP contribution >= 0.6 is 0 Å². The summed E-state index contributed by atoms with van der Waals surface area (Å²) < 4.78 is 11.1. The fraction of sp³-hybridized carbons (Fsp3) is 0.667. The normalized spacial score (nSPS) is 18.1. The van der Waals surface area contributed by atoms with Crippen molar-refractivity contribution >= 4 is 22.7 Å². The smallest absolute Gasteiger partial charge is 0.225 e. The van der Waals surface area contributed by atoms with Crippen LogP contribution in [-0.2, 0) is 0 Å². The zero-order valence-corrected chi connectivity index (χ0v) is 19.1. The summed E-state index contributed by atoms with van der Waals surface area (Å²) in [6.07, 6.45) is 11.4. The van der Waals surface area contributed by atoms with Gasteiger partial charge in [0, 0.05) is 24.0 Å². The molecule has 0 atom stereocenters. The second kappa shape index (κ2) is 10.8. The Labute approximate surface area is 185 Å². The minimum atomic E-state index is 0.455. The van der Waals surface area contributed by atoms with E-state index in [1.54, 1.807) is 14.2 Å². The van der Waals surface area contributed by atoms with Crippen LogP contribution in [0.3, 0.4) is 0 Å². The van der Waals surface area contributed by atoms with E-state index in [-0.39, 0.29) is 0 Å². The lowest BCUT2D eigenvalue weighted by Gasteiger charge is -2.20. The molecule has 2 heterocycles. The molecule has 0 radical (unpaired) electrons. The molecular formula is C24H37N5O2. The third-order valence-corrected chi connectivity index (χ3v) is 6.53. The summed E-state index contributed by atoms with van der Waals surface area (Å²) in [4.78, 5) is 12.2. The highest BCUT2D eigenvalue weighted by Gasteiger charge is 2.18. The number of hydrogen-bond acceptors (Lipinski definition) is 7. The topological polar surface area (TPSA) is 71.5 Å². The number of benzene rings is 1. The number of ether oxygens (including phenoxy) is 2. The molecule has 170 valence electrons. The number of nitrogens with one attached hydrogen (secondary N) is 2. The van der Waals surface area contributed by atoms with Crippen molar-refractivity contribution in [1.29, 1.82) is 0 Å². The van der Waals surface area contributed by atoms with Gasteiger partial charge < -0.3 is 25.0 Å². The minimum absolute atomic E-state index is 0.455. The highest BCUT2D eigenvalue weighted by atomic mass is 16.5. The van der Waals surface area contributed by atoms with Gasteiger partial charge in [-0.05, 0) is 57.8 Å². The third-order valence-electron chi connectivity index (χ3n) is 6.53. The van der Waals surface area contributed by atoms with E-state index < -0.39 is 0 Å². The maximum Gasteiger partial charge on any atom is 0.225 e. The van der Waals surface area contributed by atoms with Gasteiger partial charge in [0.1, 0.15) is 5.82 Å². The van der Waals surface area contributed by atoms with E-state index >= 15 is 0 Å². The number of aromatic nitrogens is 2. The van der Waals surface area contributed by atoms with E-state index in [4.69, 9.17) is 19.4 Å². The van der Waals surface area contributed by atoms with Gasteiger partial charge in [0.05, 0.1) is 19.7 Å². The number of hydrogen-bond donors (Lipinski definition) is 2. The molecule has 0 unspecified atom stereocenters. The molecule has 2 aromatic rings. The predicted octanol–water partition coefficient (Wildman–Crippen LogP) is 4.68. The first-order chi connectivity index (χ1) is 15.3. The van der Waals surface area contributed by atoms with Crippen LogP contribution < -0.4 is 20.1 Å². The van der Waals surface area contributed by atoms with Crippen LogP contribution in [0.15, 0.2) is 12.1 Å². The van der Waals surface area contributed by atoms with Gasteiger partial charge in [-0.15, -0.1) is 0 Å². The van der Waals surface area contributed by atoms with Crippen LogP contribution in [-0.4, -0.2) is 61.3 Å². The van der Waals surface area contributed by atoms with Gasteiger partial charge in [-0.2, -0.15) is 4.98 Å². The van der Waals surface area contributed by atoms with Crippen LogP contribution in [0, 0.1) is 0 Å². The monoisotopic (exact) mass is 427 g/mol. The second-order valence-electron chi connectivity index (χ2n) is 8.78. The number of anilines is 2. The van der Waals surface area contributed by atoms with Gasteiger partial charge in [0.15, 0.2) is 11.5 Å². The number of methoxy groups -OCH3 is 2. The predicted molar refractivity (Wildman–Crippen MR) is 127 cm³/mol. The van der Waals surface area contributed by atoms with Crippen molar-refractivity contribution in [2.75, 3.05) is 51.0 Å². The molecule has 4 rings (SSSR count). The van der Waals surface area contributed by atoms with Gasteiger partial charge in [-0.25, -0.2) is 4.98 Å². The molecule has 1 aromatic carbocycles. The molecule has 7 nitrogen and oxygen atoms in total. The molecular weight excluding hydrogens is 390 g/mol. The maximum absolute atomic E-state index is 5.54. The lowest BCUT2D eigenvalue weighted by molar-refractivity contribution is 0.337. The Bertz CT molecular complexity index is 845. The number of rotatable bonds is 9. The van der Waals surface area contributed by atoms with Crippen LogP contribution in [0.5, 0.6) is 11.5 Å². The molecule has 0 spiro atoms. The molecule has 2 aliphatic rings. The van der Waals surface area contributed by atoms with Crippen LogP contribution in [0.25, 0.3) is 10.9 Å². The Hall–Kier alpha value is -2.28. The lowest BCUT2D eigenvalue weighted by Crippen LogP contribution is -2.23. The summed E-state index contributed by atoms with van der Waals surface area (Å²) in [6.45, 7) is 4.49. The summed E-state index contributed by atoms with van der Waals surface area (Å²) in [6, 6.07) is 4.39. The van der Waals surface area contributed by atoms with Crippen molar-refractivity contribution in [3.8, 4) is 11.5 Å². The van der Waals surface area contributed by atoms with Gasteiger partial charge in [-0.1, -0.05) is 25.7 Å². The third kappa shape index (κ3) is 5.70. The lowest BCUT2D eigenvalue weighted by atomic mass is 10.1. The molecule has 1 saturated carbocycles. The Morgan fingerprint density at radius 3 is 2.35 bits per heavy atom. The van der Waals surface area contributed by atoms with Crippen molar-refractivity contribution in [3.05, 3.63) is 12.1 Å². The molecule has 1 aliphatic heterocycles. The van der Waals surface area contributed by atoms with Gasteiger partial charge in [0.2, 0.25) is 5.95 Å². The molecule has 1 saturated heterocycles. The van der Waals surface area contributed by atoms with Crippen molar-refractivity contribution < 1.29 is 9.47 Å². The Balaban J connectivity index is 1.54. The average Bonchev–Trinajstić information content (AvgIpc) is 3.18. The summed E-state index contributed by atoms with van der Waals surface area (Å²) in [7, 11) is 3.33. The Morgan fingerprint density at radius 1 is 0.935 bits per heavy atom. The largest absolute Gasteiger partial charge is 0.493 e. The van der Waals surface area contributed by atoms with Gasteiger partial charge >= 0.3 is 0 Å². The Morgan fingerprint density at radius 2 is 1.65 bits per heavy atom. The van der Waals surface area contributed by atoms with Crippen molar-refractivity contribution in [2.45, 2.75) is 63.8 Å². The van der Waals surface area contributed by atoms with E-state index in [1.807, 2.05) is 12.1 Å². The SMILES string of the molecule is COc1cc2nc(NCCCN3CCCC3)nc(NC3CCCCCC3)c2cc1OC. The summed E-state index contributed by atoms with van der Waals surface area (Å²) in [5.41, 5.74) is 0.866. The van der Waals surface area contributed by atoms with E-state index in [0.29, 0.717) is 23.5 Å². The average molecular weight is 428 g/mol. The second-order valence-corrected chi connectivity index (χ2v) is 8.78. The maximum atomic E-state index is 5.54. The van der Waals surface area contributed by atoms with Crippen LogP contribution in [0.1, 0.15) is 57.8 Å². The first kappa shape index (κ1) is 21.9. The van der Waals surface area contributed by atoms with E-state index in [0.717, 1.165) is 36.2 Å². The molecule has 1 aliphatic carbocycles. The molecule has 0 bridgehead atoms. The van der Waals surface area contributed by atoms with Crippen molar-refractivity contribution in [3.63, 3.8) is 0 Å². The van der Waals surface area contributed by atoms with Gasteiger partial charge in [-0.3, -0.25) is 0 Å². The standard InChI is InChI=1S/C24H37N5O2/c1-30-21-16-19-20(17-22(21)31-2)27-24(25-12-9-15-29-13-7-8-14-29)28-23(19)26-18-10-5-3-4-6-11-18/h16-18H,3-15H2,1-2H3,(H2,25,26,27,28). The summed E-state index contributed by atoms with van der Waals surface area (Å²) in [5.74, 6) is 2.96. The Kier molecular flexibility index (Phi) is 7.67. The molecule has 1 aromatic heterocycles. The first-order valence-corrected chi connectivity index (χ1v) is 11.9. The number of likely N-dealkylation sites (tertiary alicyclic amines) is 1. The van der Waals surface area contributed by atoms with Crippen LogP contribution in [0.2, 0.25) is 0 Å². The number of nitrogens with zero attached hydrogens (tertiary/aromatic N) is 3. The molecule has 31 heavy (non-hydrogen) atoms. The fourth-order valence-corrected chi connectivity index (χ4v) is 4.77. The highest BCUT2D eigenvalue weighted by molar-refractivity contribution is 5.92. The first-order valence-electron chi connectivity index (χ1n) is 11.9. The van der Waals surface area contributed by atoms with Crippen LogP contribution in [0.4, 0.5) is 11.8 Å². The van der Waals surface area contributed by atoms with E-state index in [1.165, 1.54) is 64.5 Å². The summed E-state index contributed by atoms with van der Waals surface area (Å²) in [5, 5.41) is 8.16. The van der Waals surface area contributed by atoms with Crippen molar-refractivity contribution in [1.82, 2.24) is 14.9 Å². The molecule has 0 amide bonds. The zero-order valence-electron chi connectivity index (χ0n) is 19.1. The fourth-order valence-electron chi connectivity index (χ4n) is 4.77. The highest BCUT2D eigenvalue weighted by Crippen LogP contribution is 2.35. The quantitative estimate of drug-likeness (QED) is 0.445. The van der Waals surface area contributed by atoms with Crippen molar-refractivity contribution in [2.24, 2.45) is 0 Å². The summed E-state index contributed by atoms with van der Waals surface area (Å²) >= 11 is 0. The zero-order chi connectivity index (χ0) is 21.5. The molecule has 2 N–H and O–H groups in total. The number of fused-ring (bicyclic) bond motifs is 1. The van der Waals surface area contributed by atoms with E-state index in [2.05, 4.69) is 15.5 Å². The van der Waals surface area contributed by atoms with E-state index in [9.17, 15) is 0 Å². The van der Waals surface area contributed by atoms with Gasteiger partial charge in [0.25, 0.3) is 0 Å². The molecule has 2 fully saturated rings.